The van der Waals surface area contributed by atoms with Crippen LogP contribution >= 0.6 is 22.9 Å². The van der Waals surface area contributed by atoms with Crippen LogP contribution in [0.25, 0.3) is 10.9 Å². The molecule has 0 aliphatic carbocycles. The molecule has 0 N–H and O–H groups in total. The Kier molecular flexibility index (Phi) is 3.10. The molecule has 0 radical (unpaired) electrons. The zero-order valence-corrected chi connectivity index (χ0v) is 11.6. The molecule has 4 heteroatoms. The number of halogens is 1. The number of aryl methyl sites for hydroxylation is 3. The molecule has 92 valence electrons. The first-order chi connectivity index (χ1) is 8.74. The summed E-state index contributed by atoms with van der Waals surface area (Å²) >= 11 is 7.78. The topological polar surface area (TPSA) is 17.8 Å². The predicted octanol–water partition coefficient (Wildman–Crippen LogP) is 4.30. The van der Waals surface area contributed by atoms with Gasteiger partial charge >= 0.3 is 0 Å². The molecule has 0 fully saturated rings. The summed E-state index contributed by atoms with van der Waals surface area (Å²) in [5.41, 5.74) is 4.26. The number of benzene rings is 1. The molecule has 0 aliphatic heterocycles. The summed E-state index contributed by atoms with van der Waals surface area (Å²) in [7, 11) is 0. The molecule has 1 aromatic carbocycles. The Morgan fingerprint density at radius 3 is 3.00 bits per heavy atom. The summed E-state index contributed by atoms with van der Waals surface area (Å²) < 4.78 is 2.25. The zero-order valence-electron chi connectivity index (χ0n) is 10.1. The third-order valence-electron chi connectivity index (χ3n) is 3.16. The maximum atomic E-state index is 6.05. The maximum Gasteiger partial charge on any atom is 0.0797 e. The van der Waals surface area contributed by atoms with Crippen LogP contribution in [-0.2, 0) is 13.0 Å². The number of thiazole rings is 1. The molecule has 2 nitrogen and oxygen atoms in total. The van der Waals surface area contributed by atoms with E-state index in [0.717, 1.165) is 23.7 Å². The second-order valence-electron chi connectivity index (χ2n) is 4.32. The van der Waals surface area contributed by atoms with E-state index in [4.69, 9.17) is 11.6 Å². The van der Waals surface area contributed by atoms with E-state index in [9.17, 15) is 0 Å². The molecule has 0 bridgehead atoms. The minimum Gasteiger partial charge on any atom is -0.347 e. The van der Waals surface area contributed by atoms with Gasteiger partial charge in [0.15, 0.2) is 0 Å². The van der Waals surface area contributed by atoms with Crippen LogP contribution in [0.1, 0.15) is 10.6 Å². The van der Waals surface area contributed by atoms with Crippen LogP contribution in [0.4, 0.5) is 0 Å². The highest BCUT2D eigenvalue weighted by Crippen LogP contribution is 2.21. The van der Waals surface area contributed by atoms with Gasteiger partial charge in [0, 0.05) is 34.6 Å². The molecule has 0 aliphatic rings. The summed E-state index contributed by atoms with van der Waals surface area (Å²) in [4.78, 5) is 5.64. The first-order valence-corrected chi connectivity index (χ1v) is 7.13. The molecule has 3 rings (SSSR count). The van der Waals surface area contributed by atoms with Crippen molar-refractivity contribution in [2.75, 3.05) is 0 Å². The molecule has 0 saturated carbocycles. The lowest BCUT2D eigenvalue weighted by molar-refractivity contribution is 0.726. The number of rotatable bonds is 3. The first kappa shape index (κ1) is 11.8. The second kappa shape index (κ2) is 4.75. The van der Waals surface area contributed by atoms with Crippen LogP contribution < -0.4 is 0 Å². The van der Waals surface area contributed by atoms with Gasteiger partial charge in [0.05, 0.1) is 11.2 Å². The number of nitrogens with zero attached hydrogens (tertiary/aromatic N) is 2. The second-order valence-corrected chi connectivity index (χ2v) is 5.70. The van der Waals surface area contributed by atoms with Gasteiger partial charge < -0.3 is 4.57 Å². The third-order valence-corrected chi connectivity index (χ3v) is 4.39. The average Bonchev–Trinajstić information content (AvgIpc) is 2.93. The fraction of sp³-hybridized carbons (Fsp3) is 0.214. The SMILES string of the molecule is Cc1ncsc1CCn1ccc2ccc(Cl)cc21. The first-order valence-electron chi connectivity index (χ1n) is 5.87. The van der Waals surface area contributed by atoms with Gasteiger partial charge in [-0.05, 0) is 30.5 Å². The van der Waals surface area contributed by atoms with Gasteiger partial charge in [-0.15, -0.1) is 11.3 Å². The molecule has 2 heterocycles. The highest BCUT2D eigenvalue weighted by molar-refractivity contribution is 7.09. The molecule has 18 heavy (non-hydrogen) atoms. The molecular formula is C14H13ClN2S. The summed E-state index contributed by atoms with van der Waals surface area (Å²) in [5.74, 6) is 0. The van der Waals surface area contributed by atoms with Crippen molar-refractivity contribution in [3.05, 3.63) is 51.6 Å². The van der Waals surface area contributed by atoms with Gasteiger partial charge in [-0.3, -0.25) is 0 Å². The summed E-state index contributed by atoms with van der Waals surface area (Å²) in [6, 6.07) is 8.15. The lowest BCUT2D eigenvalue weighted by Crippen LogP contribution is -1.99. The Morgan fingerprint density at radius 1 is 1.33 bits per heavy atom. The Labute approximate surface area is 115 Å². The van der Waals surface area contributed by atoms with Gasteiger partial charge in [-0.1, -0.05) is 17.7 Å². The highest BCUT2D eigenvalue weighted by atomic mass is 35.5. The van der Waals surface area contributed by atoms with Crippen LogP contribution in [-0.4, -0.2) is 9.55 Å². The zero-order chi connectivity index (χ0) is 12.5. The van der Waals surface area contributed by atoms with E-state index in [1.807, 2.05) is 17.6 Å². The normalized spacial score (nSPS) is 11.2. The van der Waals surface area contributed by atoms with Crippen molar-refractivity contribution in [3.8, 4) is 0 Å². The Bertz CT molecular complexity index is 684. The van der Waals surface area contributed by atoms with E-state index >= 15 is 0 Å². The Morgan fingerprint density at radius 2 is 2.22 bits per heavy atom. The average molecular weight is 277 g/mol. The standard InChI is InChI=1S/C14H13ClN2S/c1-10-14(18-9-16-10)5-7-17-6-4-11-2-3-12(15)8-13(11)17/h2-4,6,8-9H,5,7H2,1H3. The fourth-order valence-electron chi connectivity index (χ4n) is 2.14. The number of hydrogen-bond acceptors (Lipinski definition) is 2. The van der Waals surface area contributed by atoms with Crippen molar-refractivity contribution in [2.45, 2.75) is 19.9 Å². The third kappa shape index (κ3) is 2.16. The van der Waals surface area contributed by atoms with Gasteiger partial charge in [-0.2, -0.15) is 0 Å². The van der Waals surface area contributed by atoms with Crippen molar-refractivity contribution >= 4 is 33.8 Å². The van der Waals surface area contributed by atoms with E-state index < -0.39 is 0 Å². The van der Waals surface area contributed by atoms with E-state index in [1.54, 1.807) is 11.3 Å². The molecule has 0 unspecified atom stereocenters. The van der Waals surface area contributed by atoms with Crippen molar-refractivity contribution in [1.29, 1.82) is 0 Å². The van der Waals surface area contributed by atoms with Crippen molar-refractivity contribution in [1.82, 2.24) is 9.55 Å². The van der Waals surface area contributed by atoms with Crippen molar-refractivity contribution in [2.24, 2.45) is 0 Å². The van der Waals surface area contributed by atoms with E-state index in [2.05, 4.69) is 34.8 Å². The van der Waals surface area contributed by atoms with Crippen LogP contribution in [0.15, 0.2) is 36.0 Å². The van der Waals surface area contributed by atoms with Crippen LogP contribution in [0.5, 0.6) is 0 Å². The maximum absolute atomic E-state index is 6.05. The molecular weight excluding hydrogens is 264 g/mol. The quantitative estimate of drug-likeness (QED) is 0.697. The van der Waals surface area contributed by atoms with Crippen molar-refractivity contribution in [3.63, 3.8) is 0 Å². The van der Waals surface area contributed by atoms with Crippen LogP contribution in [0.3, 0.4) is 0 Å². The molecule has 2 aromatic heterocycles. The van der Waals surface area contributed by atoms with Crippen LogP contribution in [0.2, 0.25) is 5.02 Å². The molecule has 0 saturated heterocycles. The highest BCUT2D eigenvalue weighted by Gasteiger charge is 2.04. The van der Waals surface area contributed by atoms with Gasteiger partial charge in [0.25, 0.3) is 0 Å². The largest absolute Gasteiger partial charge is 0.347 e. The summed E-state index contributed by atoms with van der Waals surface area (Å²) in [6.07, 6.45) is 3.14. The lowest BCUT2D eigenvalue weighted by atomic mass is 10.2. The number of aromatic nitrogens is 2. The van der Waals surface area contributed by atoms with E-state index in [-0.39, 0.29) is 0 Å². The minimum absolute atomic E-state index is 0.788. The summed E-state index contributed by atoms with van der Waals surface area (Å²) in [5, 5.41) is 2.02. The number of hydrogen-bond donors (Lipinski definition) is 0. The predicted molar refractivity (Wildman–Crippen MR) is 77.5 cm³/mol. The van der Waals surface area contributed by atoms with Gasteiger partial charge in [0.2, 0.25) is 0 Å². The smallest absolute Gasteiger partial charge is 0.0797 e. The molecule has 0 amide bonds. The van der Waals surface area contributed by atoms with E-state index in [0.29, 0.717) is 0 Å². The van der Waals surface area contributed by atoms with Crippen molar-refractivity contribution < 1.29 is 0 Å². The Hall–Kier alpha value is -1.32. The molecule has 0 atom stereocenters. The molecule has 3 aromatic rings. The van der Waals surface area contributed by atoms with Gasteiger partial charge in [0.1, 0.15) is 0 Å². The summed E-state index contributed by atoms with van der Waals surface area (Å²) in [6.45, 7) is 3.03. The number of fused-ring (bicyclic) bond motifs is 1. The lowest BCUT2D eigenvalue weighted by Gasteiger charge is -2.05. The van der Waals surface area contributed by atoms with Crippen LogP contribution in [0, 0.1) is 6.92 Å². The minimum atomic E-state index is 0.788. The monoisotopic (exact) mass is 276 g/mol. The fourth-order valence-corrected chi connectivity index (χ4v) is 3.08. The van der Waals surface area contributed by atoms with E-state index in [1.165, 1.54) is 15.8 Å². The Balaban J connectivity index is 1.87. The molecule has 0 spiro atoms. The van der Waals surface area contributed by atoms with Gasteiger partial charge in [-0.25, -0.2) is 4.98 Å².